The van der Waals surface area contributed by atoms with Crippen LogP contribution in [0.3, 0.4) is 0 Å². The fourth-order valence-corrected chi connectivity index (χ4v) is 7.20. The summed E-state index contributed by atoms with van der Waals surface area (Å²) >= 11 is 0. The first-order valence-electron chi connectivity index (χ1n) is 18.8. The summed E-state index contributed by atoms with van der Waals surface area (Å²) in [6.45, 7) is 17.9. The molecule has 5 heteroatoms. The summed E-state index contributed by atoms with van der Waals surface area (Å²) in [5.41, 5.74) is 14.9. The van der Waals surface area contributed by atoms with E-state index in [1.807, 2.05) is 54.7 Å². The molecule has 4 aromatic heterocycles. The Labute approximate surface area is 339 Å². The minimum Gasteiger partial charge on any atom is -0.486 e. The van der Waals surface area contributed by atoms with Crippen molar-refractivity contribution in [1.82, 2.24) is 15.0 Å². The van der Waals surface area contributed by atoms with Crippen LogP contribution < -0.4 is 0 Å². The quantitative estimate of drug-likeness (QED) is 0.156. The predicted octanol–water partition coefficient (Wildman–Crippen LogP) is 13.6. The molecule has 0 amide bonds. The molecule has 0 bridgehead atoms. The van der Waals surface area contributed by atoms with Crippen LogP contribution in [-0.4, -0.2) is 15.0 Å². The fourth-order valence-electron chi connectivity index (χ4n) is 7.20. The number of furan rings is 1. The van der Waals surface area contributed by atoms with Crippen LogP contribution in [0.5, 0.6) is 0 Å². The SMILES string of the molecule is Cc1cc(-c2[c-]ccc3c2oc2nc(-c4c(C(C)C)cc(-c5ccccc5)cc4C(C)C)ccc23)ncc1C(C)(C)C.[Ir].[c-]1ccccc1-c1ccccn1. The molecule has 0 saturated carbocycles. The molecule has 0 spiro atoms. The second kappa shape index (κ2) is 16.7. The van der Waals surface area contributed by atoms with Gasteiger partial charge in [0.05, 0.1) is 11.3 Å². The molecule has 0 aliphatic heterocycles. The van der Waals surface area contributed by atoms with Gasteiger partial charge < -0.3 is 14.4 Å². The largest absolute Gasteiger partial charge is 0.486 e. The van der Waals surface area contributed by atoms with Gasteiger partial charge >= 0.3 is 0 Å². The van der Waals surface area contributed by atoms with Crippen molar-refractivity contribution in [2.24, 2.45) is 0 Å². The summed E-state index contributed by atoms with van der Waals surface area (Å²) in [6, 6.07) is 46.0. The summed E-state index contributed by atoms with van der Waals surface area (Å²) in [4.78, 5) is 14.2. The molecule has 8 rings (SSSR count). The Morgan fingerprint density at radius 1 is 0.636 bits per heavy atom. The average molecular weight is 898 g/mol. The van der Waals surface area contributed by atoms with Crippen LogP contribution in [0.4, 0.5) is 0 Å². The minimum absolute atomic E-state index is 0. The third kappa shape index (κ3) is 8.39. The van der Waals surface area contributed by atoms with Gasteiger partial charge in [0.25, 0.3) is 0 Å². The maximum Gasteiger partial charge on any atom is 0.216 e. The zero-order chi connectivity index (χ0) is 38.0. The number of rotatable bonds is 6. The molecule has 4 nitrogen and oxygen atoms in total. The first kappa shape index (κ1) is 39.5. The van der Waals surface area contributed by atoms with E-state index in [-0.39, 0.29) is 25.5 Å². The zero-order valence-corrected chi connectivity index (χ0v) is 35.3. The second-order valence-electron chi connectivity index (χ2n) is 15.6. The maximum absolute atomic E-state index is 6.55. The van der Waals surface area contributed by atoms with E-state index in [0.717, 1.165) is 44.6 Å². The molecule has 4 heterocycles. The molecule has 279 valence electrons. The van der Waals surface area contributed by atoms with Gasteiger partial charge in [-0.3, -0.25) is 0 Å². The first-order chi connectivity index (χ1) is 26.0. The first-order valence-corrected chi connectivity index (χ1v) is 18.8. The number of aromatic nitrogens is 3. The second-order valence-corrected chi connectivity index (χ2v) is 15.6. The Hall–Kier alpha value is -5.22. The molecule has 1 radical (unpaired) electrons. The van der Waals surface area contributed by atoms with E-state index in [9.17, 15) is 0 Å². The van der Waals surface area contributed by atoms with E-state index in [4.69, 9.17) is 14.4 Å². The van der Waals surface area contributed by atoms with Crippen LogP contribution in [0.2, 0.25) is 0 Å². The van der Waals surface area contributed by atoms with Gasteiger partial charge in [0, 0.05) is 43.4 Å². The summed E-state index contributed by atoms with van der Waals surface area (Å²) in [5, 5.41) is 2.04. The van der Waals surface area contributed by atoms with E-state index in [1.165, 1.54) is 38.9 Å². The molecule has 0 fully saturated rings. The van der Waals surface area contributed by atoms with Crippen molar-refractivity contribution >= 4 is 22.1 Å². The Kier molecular flexibility index (Phi) is 11.9. The van der Waals surface area contributed by atoms with E-state index in [0.29, 0.717) is 17.5 Å². The van der Waals surface area contributed by atoms with Gasteiger partial charge in [-0.25, -0.2) is 4.98 Å². The van der Waals surface area contributed by atoms with Crippen LogP contribution in [0, 0.1) is 19.1 Å². The number of fused-ring (bicyclic) bond motifs is 3. The Morgan fingerprint density at radius 3 is 1.96 bits per heavy atom. The third-order valence-electron chi connectivity index (χ3n) is 9.93. The van der Waals surface area contributed by atoms with Crippen molar-refractivity contribution in [3.63, 3.8) is 0 Å². The molecule has 4 aromatic carbocycles. The normalized spacial score (nSPS) is 11.5. The molecule has 55 heavy (non-hydrogen) atoms. The smallest absolute Gasteiger partial charge is 0.216 e. The van der Waals surface area contributed by atoms with Crippen molar-refractivity contribution in [1.29, 1.82) is 0 Å². The zero-order valence-electron chi connectivity index (χ0n) is 32.9. The summed E-state index contributed by atoms with van der Waals surface area (Å²) in [6.07, 6.45) is 3.78. The topological polar surface area (TPSA) is 51.8 Å². The molecule has 0 N–H and O–H groups in total. The third-order valence-corrected chi connectivity index (χ3v) is 9.93. The number of hydrogen-bond acceptors (Lipinski definition) is 4. The van der Waals surface area contributed by atoms with Gasteiger partial charge in [-0.15, -0.1) is 54.1 Å². The van der Waals surface area contributed by atoms with Crippen molar-refractivity contribution in [3.05, 3.63) is 162 Å². The fraction of sp³-hybridized carbons (Fsp3) is 0.220. The number of aryl methyl sites for hydroxylation is 1. The van der Waals surface area contributed by atoms with E-state index < -0.39 is 0 Å². The monoisotopic (exact) mass is 898 g/mol. The molecular weight excluding hydrogens is 851 g/mol. The van der Waals surface area contributed by atoms with Crippen LogP contribution in [0.1, 0.15) is 82.6 Å². The standard InChI is InChI=1S/C39H39N2O.C11H8N.Ir/c1-23(2)31-20-27(26-13-10-9-11-14-26)21-32(24(3)4)36(31)34-18-17-29-28-15-12-16-30(37(28)42-38(29)41-34)35-19-25(5)33(22-40-35)39(6,7)8;1-2-6-10(7-3-1)11-8-4-5-9-12-11;/h9-15,17-24H,1-8H3;1-6,8-9H;/q2*-1;. The molecule has 8 aromatic rings. The number of benzene rings is 4. The van der Waals surface area contributed by atoms with Crippen LogP contribution in [0.25, 0.3) is 67.0 Å². The van der Waals surface area contributed by atoms with Crippen molar-refractivity contribution in [2.45, 2.75) is 72.6 Å². The van der Waals surface area contributed by atoms with Crippen molar-refractivity contribution < 1.29 is 24.5 Å². The van der Waals surface area contributed by atoms with Gasteiger partial charge in [0.2, 0.25) is 5.71 Å². The minimum atomic E-state index is 0. The van der Waals surface area contributed by atoms with Crippen LogP contribution in [0.15, 0.2) is 132 Å². The number of hydrogen-bond donors (Lipinski definition) is 0. The van der Waals surface area contributed by atoms with E-state index in [1.54, 1.807) is 6.20 Å². The predicted molar refractivity (Wildman–Crippen MR) is 225 cm³/mol. The molecule has 0 aliphatic rings. The summed E-state index contributed by atoms with van der Waals surface area (Å²) < 4.78 is 6.55. The van der Waals surface area contributed by atoms with Crippen LogP contribution >= 0.6 is 0 Å². The summed E-state index contributed by atoms with van der Waals surface area (Å²) in [7, 11) is 0. The Morgan fingerprint density at radius 2 is 1.35 bits per heavy atom. The van der Waals surface area contributed by atoms with Gasteiger partial charge in [0.15, 0.2) is 0 Å². The average Bonchev–Trinajstić information content (AvgIpc) is 3.56. The Bertz CT molecular complexity index is 2470. The van der Waals surface area contributed by atoms with Crippen molar-refractivity contribution in [3.8, 4) is 44.9 Å². The molecular formula is C50H47IrN3O-2. The van der Waals surface area contributed by atoms with E-state index in [2.05, 4.69) is 139 Å². The molecule has 0 unspecified atom stereocenters. The molecule has 0 atom stereocenters. The van der Waals surface area contributed by atoms with Gasteiger partial charge in [-0.2, -0.15) is 0 Å². The Balaban J connectivity index is 0.000000336. The van der Waals surface area contributed by atoms with Crippen molar-refractivity contribution in [2.75, 3.05) is 0 Å². The maximum atomic E-state index is 6.55. The van der Waals surface area contributed by atoms with Gasteiger partial charge in [0.1, 0.15) is 0 Å². The number of pyridine rings is 3. The van der Waals surface area contributed by atoms with Gasteiger partial charge in [-0.05, 0) is 81.6 Å². The van der Waals surface area contributed by atoms with Gasteiger partial charge in [-0.1, -0.05) is 126 Å². The number of nitrogens with zero attached hydrogens (tertiary/aromatic N) is 3. The van der Waals surface area contributed by atoms with Crippen LogP contribution in [-0.2, 0) is 25.5 Å². The molecule has 0 aliphatic carbocycles. The molecule has 0 saturated heterocycles. The summed E-state index contributed by atoms with van der Waals surface area (Å²) in [5.74, 6) is 0.668. The van der Waals surface area contributed by atoms with E-state index >= 15 is 0 Å².